The van der Waals surface area contributed by atoms with Crippen LogP contribution in [0.5, 0.6) is 5.75 Å². The molecular weight excluding hydrogens is 308 g/mol. The van der Waals surface area contributed by atoms with Crippen LogP contribution in [0.1, 0.15) is 15.9 Å². The van der Waals surface area contributed by atoms with Gasteiger partial charge >= 0.3 is 0 Å². The van der Waals surface area contributed by atoms with Gasteiger partial charge in [-0.25, -0.2) is 0 Å². The van der Waals surface area contributed by atoms with E-state index >= 15 is 0 Å². The molecule has 2 aromatic carbocycles. The second-order valence-electron chi connectivity index (χ2n) is 4.15. The molecule has 0 bridgehead atoms. The van der Waals surface area contributed by atoms with E-state index in [1.54, 1.807) is 36.4 Å². The van der Waals surface area contributed by atoms with E-state index in [9.17, 15) is 4.79 Å². The van der Waals surface area contributed by atoms with Crippen molar-refractivity contribution in [3.8, 4) is 11.8 Å². The lowest BCUT2D eigenvalue weighted by Gasteiger charge is -2.11. The summed E-state index contributed by atoms with van der Waals surface area (Å²) >= 11 is 10.2. The molecule has 0 saturated carbocycles. The van der Waals surface area contributed by atoms with Crippen molar-refractivity contribution in [3.63, 3.8) is 0 Å². The number of rotatable bonds is 3. The molecule has 0 radical (unpaired) electrons. The van der Waals surface area contributed by atoms with Crippen LogP contribution in [-0.2, 0) is 0 Å². The molecule has 2 rings (SSSR count). The van der Waals surface area contributed by atoms with Gasteiger partial charge in [0.1, 0.15) is 5.75 Å². The van der Waals surface area contributed by atoms with Crippen LogP contribution in [0.2, 0.25) is 5.02 Å². The number of hydrogen-bond acceptors (Lipinski definition) is 4. The minimum absolute atomic E-state index is 0.315. The Morgan fingerprint density at radius 3 is 2.76 bits per heavy atom. The van der Waals surface area contributed by atoms with Crippen molar-refractivity contribution in [2.24, 2.45) is 0 Å². The Hall–Kier alpha value is -2.16. The third kappa shape index (κ3) is 3.48. The van der Waals surface area contributed by atoms with E-state index < -0.39 is 0 Å². The molecule has 2 aromatic rings. The zero-order valence-electron chi connectivity index (χ0n) is 11.1. The van der Waals surface area contributed by atoms with Gasteiger partial charge in [0.2, 0.25) is 0 Å². The Morgan fingerprint density at radius 1 is 1.33 bits per heavy atom. The quantitative estimate of drug-likeness (QED) is 0.847. The smallest absolute Gasteiger partial charge is 0.257 e. The molecule has 0 spiro atoms. The Morgan fingerprint density at radius 2 is 2.10 bits per heavy atom. The summed E-state index contributed by atoms with van der Waals surface area (Å²) in [5, 5.41) is 11.9. The fourth-order valence-corrected chi connectivity index (χ4v) is 2.15. The van der Waals surface area contributed by atoms with Crippen LogP contribution in [0, 0.1) is 11.3 Å². The maximum atomic E-state index is 12.3. The van der Waals surface area contributed by atoms with Crippen LogP contribution in [0.4, 0.5) is 5.69 Å². The largest absolute Gasteiger partial charge is 0.495 e. The molecule has 6 heteroatoms. The van der Waals surface area contributed by atoms with Crippen LogP contribution >= 0.6 is 24.2 Å². The summed E-state index contributed by atoms with van der Waals surface area (Å²) in [5.41, 5.74) is 1.22. The normalized spacial score (nSPS) is 9.81. The van der Waals surface area contributed by atoms with E-state index in [0.717, 1.165) is 0 Å². The number of benzene rings is 2. The molecule has 0 aliphatic rings. The van der Waals surface area contributed by atoms with Crippen molar-refractivity contribution < 1.29 is 9.53 Å². The Balaban J connectivity index is 2.32. The summed E-state index contributed by atoms with van der Waals surface area (Å²) in [7, 11) is 1.47. The number of halogens is 1. The summed E-state index contributed by atoms with van der Waals surface area (Å²) in [6, 6.07) is 11.6. The molecule has 0 aliphatic heterocycles. The van der Waals surface area contributed by atoms with Gasteiger partial charge in [0.15, 0.2) is 0 Å². The van der Waals surface area contributed by atoms with E-state index in [2.05, 4.69) is 17.9 Å². The lowest BCUT2D eigenvalue weighted by Crippen LogP contribution is -2.13. The first-order chi connectivity index (χ1) is 10.0. The number of nitrogens with zero attached hydrogens (tertiary/aromatic N) is 1. The predicted octanol–water partition coefficient (Wildman–Crippen LogP) is 3.76. The van der Waals surface area contributed by atoms with Gasteiger partial charge in [0.25, 0.3) is 5.91 Å². The molecule has 1 N–H and O–H groups in total. The van der Waals surface area contributed by atoms with Gasteiger partial charge in [0.05, 0.1) is 35.0 Å². The van der Waals surface area contributed by atoms with Crippen molar-refractivity contribution in [1.29, 1.82) is 5.26 Å². The number of carbonyl (C=O) groups excluding carboxylic acids is 1. The molecule has 4 nitrogen and oxygen atoms in total. The van der Waals surface area contributed by atoms with Crippen LogP contribution in [0.25, 0.3) is 0 Å². The molecular formula is C15H11ClN2O2S. The maximum absolute atomic E-state index is 12.3. The molecule has 106 valence electrons. The van der Waals surface area contributed by atoms with E-state index in [0.29, 0.717) is 32.5 Å². The second-order valence-corrected chi connectivity index (χ2v) is 5.07. The van der Waals surface area contributed by atoms with Gasteiger partial charge in [0, 0.05) is 11.0 Å². The first-order valence-electron chi connectivity index (χ1n) is 5.93. The van der Waals surface area contributed by atoms with Crippen molar-refractivity contribution in [1.82, 2.24) is 0 Å². The summed E-state index contributed by atoms with van der Waals surface area (Å²) in [5.74, 6) is 0.0273. The van der Waals surface area contributed by atoms with Crippen LogP contribution in [-0.4, -0.2) is 13.0 Å². The Bertz CT molecular complexity index is 741. The highest BCUT2D eigenvalue weighted by Crippen LogP contribution is 2.27. The van der Waals surface area contributed by atoms with Crippen molar-refractivity contribution in [3.05, 3.63) is 52.5 Å². The third-order valence-electron chi connectivity index (χ3n) is 2.77. The number of thiol groups is 1. The van der Waals surface area contributed by atoms with Gasteiger partial charge < -0.3 is 10.1 Å². The maximum Gasteiger partial charge on any atom is 0.257 e. The summed E-state index contributed by atoms with van der Waals surface area (Å²) in [4.78, 5) is 12.9. The van der Waals surface area contributed by atoms with Gasteiger partial charge in [-0.05, 0) is 30.3 Å². The first-order valence-corrected chi connectivity index (χ1v) is 6.75. The van der Waals surface area contributed by atoms with Gasteiger partial charge in [-0.15, -0.1) is 12.6 Å². The molecule has 0 fully saturated rings. The Kier molecular flexibility index (Phi) is 4.73. The highest BCUT2D eigenvalue weighted by molar-refractivity contribution is 7.80. The van der Waals surface area contributed by atoms with Crippen molar-refractivity contribution >= 4 is 35.8 Å². The lowest BCUT2D eigenvalue weighted by atomic mass is 10.1. The van der Waals surface area contributed by atoms with E-state index in [-0.39, 0.29) is 5.91 Å². The molecule has 0 saturated heterocycles. The highest BCUT2D eigenvalue weighted by atomic mass is 35.5. The van der Waals surface area contributed by atoms with Gasteiger partial charge in [-0.1, -0.05) is 11.6 Å². The molecule has 1 amide bonds. The number of nitrogens with one attached hydrogen (secondary N) is 1. The number of amides is 1. The lowest BCUT2D eigenvalue weighted by molar-refractivity contribution is 0.102. The van der Waals surface area contributed by atoms with E-state index in [1.807, 2.05) is 6.07 Å². The average Bonchev–Trinajstić information content (AvgIpc) is 2.49. The SMILES string of the molecule is COc1cc(C#N)ccc1NC(=O)c1cc(S)ccc1Cl. The van der Waals surface area contributed by atoms with Gasteiger partial charge in [-0.2, -0.15) is 5.26 Å². The topological polar surface area (TPSA) is 62.1 Å². The second kappa shape index (κ2) is 6.53. The molecule has 0 unspecified atom stereocenters. The first kappa shape index (κ1) is 15.2. The van der Waals surface area contributed by atoms with E-state index in [4.69, 9.17) is 21.6 Å². The molecule has 0 aromatic heterocycles. The predicted molar refractivity (Wildman–Crippen MR) is 84.4 cm³/mol. The monoisotopic (exact) mass is 318 g/mol. The van der Waals surface area contributed by atoms with Crippen molar-refractivity contribution in [2.45, 2.75) is 4.90 Å². The molecule has 0 heterocycles. The minimum atomic E-state index is -0.376. The fraction of sp³-hybridized carbons (Fsp3) is 0.0667. The molecule has 0 aliphatic carbocycles. The number of carbonyl (C=O) groups is 1. The molecule has 0 atom stereocenters. The number of methoxy groups -OCH3 is 1. The minimum Gasteiger partial charge on any atom is -0.495 e. The Labute approximate surface area is 132 Å². The number of anilines is 1. The van der Waals surface area contributed by atoms with E-state index in [1.165, 1.54) is 7.11 Å². The number of nitriles is 1. The standard InChI is InChI=1S/C15H11ClN2O2S/c1-20-14-6-9(8-17)2-5-13(14)18-15(19)11-7-10(21)3-4-12(11)16/h2-7,21H,1H3,(H,18,19). The number of ether oxygens (including phenoxy) is 1. The summed E-state index contributed by atoms with van der Waals surface area (Å²) < 4.78 is 5.16. The zero-order chi connectivity index (χ0) is 15.4. The number of hydrogen-bond donors (Lipinski definition) is 2. The van der Waals surface area contributed by atoms with Crippen LogP contribution < -0.4 is 10.1 Å². The average molecular weight is 319 g/mol. The van der Waals surface area contributed by atoms with Gasteiger partial charge in [-0.3, -0.25) is 4.79 Å². The van der Waals surface area contributed by atoms with Crippen LogP contribution in [0.3, 0.4) is 0 Å². The highest BCUT2D eigenvalue weighted by Gasteiger charge is 2.13. The zero-order valence-corrected chi connectivity index (χ0v) is 12.7. The molecule has 21 heavy (non-hydrogen) atoms. The summed E-state index contributed by atoms with van der Waals surface area (Å²) in [6.07, 6.45) is 0. The van der Waals surface area contributed by atoms with Crippen LogP contribution in [0.15, 0.2) is 41.3 Å². The fourth-order valence-electron chi connectivity index (χ4n) is 1.74. The summed E-state index contributed by atoms with van der Waals surface area (Å²) in [6.45, 7) is 0. The van der Waals surface area contributed by atoms with Crippen molar-refractivity contribution in [2.75, 3.05) is 12.4 Å². The third-order valence-corrected chi connectivity index (χ3v) is 3.38.